The molecular weight excluding hydrogens is 269 g/mol. The Morgan fingerprint density at radius 3 is 2.25 bits per heavy atom. The maximum Gasteiger partial charge on any atom is 0.421 e. The highest BCUT2D eigenvalue weighted by Crippen LogP contribution is 2.41. The Balaban J connectivity index is 3.64. The number of rotatable bonds is 2. The van der Waals surface area contributed by atoms with Crippen molar-refractivity contribution < 1.29 is 26.3 Å². The van der Waals surface area contributed by atoms with E-state index >= 15 is 0 Å². The van der Waals surface area contributed by atoms with Crippen LogP contribution >= 0.6 is 10.7 Å². The fourth-order valence-corrected chi connectivity index (χ4v) is 2.25. The summed E-state index contributed by atoms with van der Waals surface area (Å²) in [4.78, 5) is -1.01. The molecule has 8 heteroatoms. The number of hydrogen-bond donors (Lipinski definition) is 0. The fraction of sp³-hybridized carbons (Fsp3) is 0.250. The van der Waals surface area contributed by atoms with Crippen molar-refractivity contribution in [2.75, 3.05) is 7.11 Å². The minimum Gasteiger partial charge on any atom is -0.496 e. The molecule has 0 atom stereocenters. The number of benzene rings is 1. The molecule has 0 heterocycles. The highest BCUT2D eigenvalue weighted by atomic mass is 35.7. The molecule has 0 fully saturated rings. The van der Waals surface area contributed by atoms with Gasteiger partial charge in [-0.05, 0) is 12.1 Å². The van der Waals surface area contributed by atoms with Crippen LogP contribution in [0.5, 0.6) is 5.75 Å². The van der Waals surface area contributed by atoms with Gasteiger partial charge in [0.15, 0.2) is 0 Å². The summed E-state index contributed by atoms with van der Waals surface area (Å²) >= 11 is 0. The van der Waals surface area contributed by atoms with Gasteiger partial charge in [-0.15, -0.1) is 0 Å². The highest BCUT2D eigenvalue weighted by Gasteiger charge is 2.40. The van der Waals surface area contributed by atoms with Gasteiger partial charge in [-0.25, -0.2) is 8.42 Å². The monoisotopic (exact) mass is 274 g/mol. The molecule has 0 aliphatic carbocycles. The van der Waals surface area contributed by atoms with Gasteiger partial charge >= 0.3 is 6.18 Å². The number of alkyl halides is 3. The van der Waals surface area contributed by atoms with Crippen molar-refractivity contribution in [3.05, 3.63) is 23.8 Å². The Bertz CT molecular complexity index is 496. The second kappa shape index (κ2) is 4.14. The van der Waals surface area contributed by atoms with E-state index in [1.807, 2.05) is 0 Å². The summed E-state index contributed by atoms with van der Waals surface area (Å²) in [6, 6.07) is 2.89. The molecular formula is C8H6ClF3O3S. The third-order valence-corrected chi connectivity index (χ3v) is 3.12. The molecule has 0 unspecified atom stereocenters. The molecule has 0 saturated heterocycles. The van der Waals surface area contributed by atoms with E-state index in [2.05, 4.69) is 4.74 Å². The summed E-state index contributed by atoms with van der Waals surface area (Å²) in [5.41, 5.74) is -1.40. The smallest absolute Gasteiger partial charge is 0.421 e. The average molecular weight is 275 g/mol. The number of hydrogen-bond acceptors (Lipinski definition) is 3. The molecule has 1 aromatic rings. The van der Waals surface area contributed by atoms with Gasteiger partial charge in [-0.2, -0.15) is 13.2 Å². The highest BCUT2D eigenvalue weighted by molar-refractivity contribution is 8.13. The second-order valence-electron chi connectivity index (χ2n) is 2.77. The summed E-state index contributed by atoms with van der Waals surface area (Å²) in [7, 11) is 1.45. The average Bonchev–Trinajstić information content (AvgIpc) is 2.13. The van der Waals surface area contributed by atoms with E-state index in [-0.39, 0.29) is 0 Å². The summed E-state index contributed by atoms with van der Waals surface area (Å²) in [6.07, 6.45) is -4.86. The zero-order valence-electron chi connectivity index (χ0n) is 7.88. The van der Waals surface area contributed by atoms with Crippen LogP contribution in [0.25, 0.3) is 0 Å². The van der Waals surface area contributed by atoms with Gasteiger partial charge in [-0.3, -0.25) is 0 Å². The molecule has 0 spiro atoms. The molecule has 0 bridgehead atoms. The first-order valence-electron chi connectivity index (χ1n) is 3.87. The fourth-order valence-electron chi connectivity index (χ4n) is 1.16. The van der Waals surface area contributed by atoms with Gasteiger partial charge in [0.1, 0.15) is 11.3 Å². The van der Waals surface area contributed by atoms with Crippen LogP contribution in [0.1, 0.15) is 5.56 Å². The molecule has 0 saturated carbocycles. The van der Waals surface area contributed by atoms with Crippen molar-refractivity contribution >= 4 is 19.7 Å². The van der Waals surface area contributed by atoms with E-state index in [9.17, 15) is 21.6 Å². The van der Waals surface area contributed by atoms with Crippen molar-refractivity contribution in [3.63, 3.8) is 0 Å². The van der Waals surface area contributed by atoms with E-state index in [0.717, 1.165) is 25.3 Å². The predicted octanol–water partition coefficient (Wildman–Crippen LogP) is 2.64. The van der Waals surface area contributed by atoms with Crippen LogP contribution in [-0.2, 0) is 15.2 Å². The van der Waals surface area contributed by atoms with Gasteiger partial charge < -0.3 is 4.74 Å². The molecule has 0 aliphatic heterocycles. The van der Waals surface area contributed by atoms with Gasteiger partial charge in [0, 0.05) is 10.7 Å². The standard InChI is InChI=1S/C8H6ClF3O3S/c1-15-5-3-2-4-6(16(9,13)14)7(5)8(10,11)12/h2-4H,1H3. The van der Waals surface area contributed by atoms with Crippen LogP contribution in [0.4, 0.5) is 13.2 Å². The molecule has 16 heavy (non-hydrogen) atoms. The molecule has 0 aliphatic rings. The maximum atomic E-state index is 12.6. The molecule has 3 nitrogen and oxygen atoms in total. The Morgan fingerprint density at radius 1 is 1.31 bits per heavy atom. The number of methoxy groups -OCH3 is 1. The first-order valence-corrected chi connectivity index (χ1v) is 6.17. The predicted molar refractivity (Wildman–Crippen MR) is 51.0 cm³/mol. The normalized spacial score (nSPS) is 12.6. The minimum absolute atomic E-state index is 0.589. The number of ether oxygens (including phenoxy) is 1. The van der Waals surface area contributed by atoms with Crippen LogP contribution in [0.2, 0.25) is 0 Å². The lowest BCUT2D eigenvalue weighted by molar-refractivity contribution is -0.141. The lowest BCUT2D eigenvalue weighted by atomic mass is 10.2. The van der Waals surface area contributed by atoms with Gasteiger partial charge in [0.05, 0.1) is 12.0 Å². The van der Waals surface area contributed by atoms with E-state index < -0.39 is 31.4 Å². The van der Waals surface area contributed by atoms with E-state index in [4.69, 9.17) is 10.7 Å². The Kier molecular flexibility index (Phi) is 3.39. The van der Waals surface area contributed by atoms with Crippen LogP contribution < -0.4 is 4.74 Å². The van der Waals surface area contributed by atoms with Crippen LogP contribution in [0.3, 0.4) is 0 Å². The summed E-state index contributed by atoms with van der Waals surface area (Å²) < 4.78 is 64.3. The molecule has 90 valence electrons. The molecule has 1 aromatic carbocycles. The van der Waals surface area contributed by atoms with E-state index in [1.165, 1.54) is 0 Å². The minimum atomic E-state index is -4.86. The molecule has 0 amide bonds. The van der Waals surface area contributed by atoms with Crippen molar-refractivity contribution in [2.45, 2.75) is 11.1 Å². The first-order chi connectivity index (χ1) is 7.18. The van der Waals surface area contributed by atoms with E-state index in [0.29, 0.717) is 0 Å². The van der Waals surface area contributed by atoms with Gasteiger partial charge in [0.2, 0.25) is 0 Å². The van der Waals surface area contributed by atoms with Crippen molar-refractivity contribution in [2.24, 2.45) is 0 Å². The molecule has 1 rings (SSSR count). The van der Waals surface area contributed by atoms with Crippen LogP contribution in [0, 0.1) is 0 Å². The van der Waals surface area contributed by atoms with E-state index in [1.54, 1.807) is 0 Å². The molecule has 0 radical (unpaired) electrons. The quantitative estimate of drug-likeness (QED) is 0.779. The van der Waals surface area contributed by atoms with Crippen LogP contribution in [-0.4, -0.2) is 15.5 Å². The Hall–Kier alpha value is -0.950. The Morgan fingerprint density at radius 2 is 1.88 bits per heavy atom. The van der Waals surface area contributed by atoms with Gasteiger partial charge in [0.25, 0.3) is 9.05 Å². The largest absolute Gasteiger partial charge is 0.496 e. The third-order valence-electron chi connectivity index (χ3n) is 1.75. The summed E-state index contributed by atoms with van der Waals surface area (Å²) in [6.45, 7) is 0. The third kappa shape index (κ3) is 2.59. The van der Waals surface area contributed by atoms with Crippen LogP contribution in [0.15, 0.2) is 23.1 Å². The van der Waals surface area contributed by atoms with Crippen molar-refractivity contribution in [3.8, 4) is 5.75 Å². The zero-order valence-corrected chi connectivity index (χ0v) is 9.45. The lowest BCUT2D eigenvalue weighted by Gasteiger charge is -2.14. The summed E-state index contributed by atoms with van der Waals surface area (Å²) in [5, 5.41) is 0. The zero-order chi connectivity index (χ0) is 12.6. The second-order valence-corrected chi connectivity index (χ2v) is 5.30. The first kappa shape index (κ1) is 13.1. The van der Waals surface area contributed by atoms with Crippen molar-refractivity contribution in [1.29, 1.82) is 0 Å². The van der Waals surface area contributed by atoms with Crippen molar-refractivity contribution in [1.82, 2.24) is 0 Å². The molecule has 0 N–H and O–H groups in total. The maximum absolute atomic E-state index is 12.6. The van der Waals surface area contributed by atoms with Gasteiger partial charge in [-0.1, -0.05) is 6.07 Å². The lowest BCUT2D eigenvalue weighted by Crippen LogP contribution is -2.12. The SMILES string of the molecule is COc1cccc(S(=O)(=O)Cl)c1C(F)(F)F. The molecule has 0 aromatic heterocycles. The topological polar surface area (TPSA) is 43.4 Å². The Labute approximate surface area is 94.2 Å². The number of halogens is 4. The summed E-state index contributed by atoms with van der Waals surface area (Å²) in [5.74, 6) is -0.589.